The first kappa shape index (κ1) is 13.1. The zero-order valence-electron chi connectivity index (χ0n) is 11.0. The van der Waals surface area contributed by atoms with Gasteiger partial charge in [-0.25, -0.2) is 4.39 Å². The number of hydrogen-bond acceptors (Lipinski definition) is 2. The Morgan fingerprint density at radius 3 is 2.52 bits per heavy atom. The molecule has 0 saturated carbocycles. The fourth-order valence-electron chi connectivity index (χ4n) is 2.21. The number of halogens is 1. The fraction of sp³-hybridized carbons (Fsp3) is 0. The molecular weight excluding hydrogens is 269 g/mol. The number of nitrogens with one attached hydrogen (secondary N) is 1. The summed E-state index contributed by atoms with van der Waals surface area (Å²) in [6.07, 6.45) is 3.28. The highest BCUT2D eigenvalue weighted by molar-refractivity contribution is 6.00. The van der Waals surface area contributed by atoms with E-state index >= 15 is 0 Å². The molecule has 1 amide bonds. The van der Waals surface area contributed by atoms with Gasteiger partial charge in [-0.05, 0) is 30.3 Å². The van der Waals surface area contributed by atoms with E-state index in [-0.39, 0.29) is 5.56 Å². The Bertz CT molecular complexity index is 796. The fourth-order valence-corrected chi connectivity index (χ4v) is 2.21. The maximum absolute atomic E-state index is 13.9. The summed E-state index contributed by atoms with van der Waals surface area (Å²) in [6.45, 7) is 0. The largest absolute Gasteiger partial charge is 0.366 e. The lowest BCUT2D eigenvalue weighted by molar-refractivity contribution is 0.100. The van der Waals surface area contributed by atoms with Crippen LogP contribution in [0.2, 0.25) is 0 Å². The van der Waals surface area contributed by atoms with Crippen molar-refractivity contribution in [2.75, 3.05) is 0 Å². The van der Waals surface area contributed by atoms with E-state index in [0.717, 1.165) is 5.56 Å². The summed E-state index contributed by atoms with van der Waals surface area (Å²) in [5.41, 5.74) is 7.88. The number of aromatic amines is 1. The van der Waals surface area contributed by atoms with Crippen LogP contribution in [0.4, 0.5) is 4.39 Å². The van der Waals surface area contributed by atoms with Gasteiger partial charge in [0.2, 0.25) is 0 Å². The quantitative estimate of drug-likeness (QED) is 0.774. The van der Waals surface area contributed by atoms with Crippen LogP contribution in [0.3, 0.4) is 0 Å². The third-order valence-corrected chi connectivity index (χ3v) is 3.22. The van der Waals surface area contributed by atoms with Gasteiger partial charge in [-0.15, -0.1) is 0 Å². The van der Waals surface area contributed by atoms with Crippen LogP contribution < -0.4 is 5.73 Å². The minimum Gasteiger partial charge on any atom is -0.366 e. The Balaban J connectivity index is 2.19. The van der Waals surface area contributed by atoms with Crippen molar-refractivity contribution in [1.82, 2.24) is 9.97 Å². The third-order valence-electron chi connectivity index (χ3n) is 3.22. The topological polar surface area (TPSA) is 71.8 Å². The van der Waals surface area contributed by atoms with Gasteiger partial charge in [-0.2, -0.15) is 0 Å². The minimum absolute atomic E-state index is 0.256. The van der Waals surface area contributed by atoms with E-state index in [1.165, 1.54) is 6.07 Å². The Hall–Kier alpha value is -2.95. The van der Waals surface area contributed by atoms with Gasteiger partial charge in [-0.1, -0.05) is 12.1 Å². The van der Waals surface area contributed by atoms with Crippen molar-refractivity contribution in [1.29, 1.82) is 0 Å². The number of nitrogens with zero attached hydrogens (tertiary/aromatic N) is 1. The molecule has 3 N–H and O–H groups in total. The lowest BCUT2D eigenvalue weighted by Crippen LogP contribution is -2.11. The molecule has 0 radical (unpaired) electrons. The van der Waals surface area contributed by atoms with Crippen molar-refractivity contribution in [3.8, 4) is 22.5 Å². The van der Waals surface area contributed by atoms with Crippen molar-refractivity contribution in [3.05, 3.63) is 66.2 Å². The van der Waals surface area contributed by atoms with Crippen molar-refractivity contribution in [2.45, 2.75) is 0 Å². The molecule has 0 aliphatic rings. The average Bonchev–Trinajstić information content (AvgIpc) is 2.94. The Morgan fingerprint density at radius 2 is 1.86 bits per heavy atom. The van der Waals surface area contributed by atoms with Crippen LogP contribution in [0.25, 0.3) is 22.5 Å². The number of rotatable bonds is 3. The highest BCUT2D eigenvalue weighted by Gasteiger charge is 2.17. The molecule has 0 aliphatic carbocycles. The predicted octanol–water partition coefficient (Wildman–Crippen LogP) is 2.98. The first-order chi connectivity index (χ1) is 10.2. The number of aromatic nitrogens is 2. The predicted molar refractivity (Wildman–Crippen MR) is 77.9 cm³/mol. The maximum atomic E-state index is 13.9. The van der Waals surface area contributed by atoms with E-state index in [9.17, 15) is 9.18 Å². The second kappa shape index (κ2) is 5.20. The second-order valence-electron chi connectivity index (χ2n) is 4.55. The molecular formula is C16H12FN3O. The Morgan fingerprint density at radius 1 is 1.14 bits per heavy atom. The lowest BCUT2D eigenvalue weighted by Gasteiger charge is -2.03. The number of carbonyl (C=O) groups is 1. The summed E-state index contributed by atoms with van der Waals surface area (Å²) in [6, 6.07) is 11.4. The summed E-state index contributed by atoms with van der Waals surface area (Å²) < 4.78 is 13.9. The van der Waals surface area contributed by atoms with Gasteiger partial charge in [0, 0.05) is 29.2 Å². The second-order valence-corrected chi connectivity index (χ2v) is 4.55. The average molecular weight is 281 g/mol. The zero-order valence-corrected chi connectivity index (χ0v) is 11.0. The van der Waals surface area contributed by atoms with Crippen LogP contribution in [0, 0.1) is 5.82 Å². The molecule has 4 nitrogen and oxygen atoms in total. The SMILES string of the molecule is NC(=O)c1cc(-c2ccncc2)[nH]c1-c1ccccc1F. The van der Waals surface area contributed by atoms with Crippen molar-refractivity contribution < 1.29 is 9.18 Å². The number of H-pyrrole nitrogens is 1. The smallest absolute Gasteiger partial charge is 0.250 e. The van der Waals surface area contributed by atoms with Crippen molar-refractivity contribution >= 4 is 5.91 Å². The minimum atomic E-state index is -0.607. The van der Waals surface area contributed by atoms with Crippen LogP contribution >= 0.6 is 0 Å². The Kier molecular flexibility index (Phi) is 3.23. The molecule has 3 rings (SSSR count). The molecule has 0 fully saturated rings. The zero-order chi connectivity index (χ0) is 14.8. The number of pyridine rings is 1. The van der Waals surface area contributed by atoms with Crippen LogP contribution in [-0.2, 0) is 0 Å². The van der Waals surface area contributed by atoms with E-state index < -0.39 is 11.7 Å². The van der Waals surface area contributed by atoms with Crippen molar-refractivity contribution in [3.63, 3.8) is 0 Å². The molecule has 3 aromatic rings. The molecule has 1 aromatic carbocycles. The highest BCUT2D eigenvalue weighted by Crippen LogP contribution is 2.30. The molecule has 2 aromatic heterocycles. The molecule has 0 saturated heterocycles. The molecule has 0 bridgehead atoms. The standard InChI is InChI=1S/C16H12FN3O/c17-13-4-2-1-3-11(13)15-12(16(18)21)9-14(20-15)10-5-7-19-8-6-10/h1-9,20H,(H2,18,21). The van der Waals surface area contributed by atoms with E-state index in [1.54, 1.807) is 48.8 Å². The highest BCUT2D eigenvalue weighted by atomic mass is 19.1. The van der Waals surface area contributed by atoms with Gasteiger partial charge < -0.3 is 10.7 Å². The number of carbonyl (C=O) groups excluding carboxylic acids is 1. The number of primary amides is 1. The first-order valence-corrected chi connectivity index (χ1v) is 6.35. The van der Waals surface area contributed by atoms with Gasteiger partial charge in [0.15, 0.2) is 0 Å². The van der Waals surface area contributed by atoms with Gasteiger partial charge in [0.1, 0.15) is 5.82 Å². The molecule has 0 unspecified atom stereocenters. The normalized spacial score (nSPS) is 10.5. The summed E-state index contributed by atoms with van der Waals surface area (Å²) in [5, 5.41) is 0. The van der Waals surface area contributed by atoms with E-state index in [4.69, 9.17) is 5.73 Å². The number of benzene rings is 1. The summed E-state index contributed by atoms with van der Waals surface area (Å²) in [5.74, 6) is -1.02. The number of nitrogens with two attached hydrogens (primary N) is 1. The maximum Gasteiger partial charge on any atom is 0.250 e. The van der Waals surface area contributed by atoms with Crippen LogP contribution in [0.5, 0.6) is 0 Å². The summed E-state index contributed by atoms with van der Waals surface area (Å²) in [7, 11) is 0. The van der Waals surface area contributed by atoms with E-state index in [2.05, 4.69) is 9.97 Å². The van der Waals surface area contributed by atoms with Gasteiger partial charge in [0.05, 0.1) is 11.3 Å². The van der Waals surface area contributed by atoms with Gasteiger partial charge >= 0.3 is 0 Å². The van der Waals surface area contributed by atoms with E-state index in [1.807, 2.05) is 0 Å². The third kappa shape index (κ3) is 2.41. The number of hydrogen-bond donors (Lipinski definition) is 2. The molecule has 21 heavy (non-hydrogen) atoms. The van der Waals surface area contributed by atoms with Gasteiger partial charge in [0.25, 0.3) is 5.91 Å². The molecule has 104 valence electrons. The van der Waals surface area contributed by atoms with Crippen LogP contribution in [0.15, 0.2) is 54.9 Å². The van der Waals surface area contributed by atoms with Crippen molar-refractivity contribution in [2.24, 2.45) is 5.73 Å². The summed E-state index contributed by atoms with van der Waals surface area (Å²) in [4.78, 5) is 18.6. The van der Waals surface area contributed by atoms with Gasteiger partial charge in [-0.3, -0.25) is 9.78 Å². The molecule has 0 atom stereocenters. The molecule has 0 spiro atoms. The Labute approximate surface area is 120 Å². The molecule has 5 heteroatoms. The number of amides is 1. The monoisotopic (exact) mass is 281 g/mol. The lowest BCUT2D eigenvalue weighted by atomic mass is 10.1. The molecule has 2 heterocycles. The van der Waals surface area contributed by atoms with Crippen LogP contribution in [0.1, 0.15) is 10.4 Å². The summed E-state index contributed by atoms with van der Waals surface area (Å²) >= 11 is 0. The first-order valence-electron chi connectivity index (χ1n) is 6.35. The van der Waals surface area contributed by atoms with E-state index in [0.29, 0.717) is 17.0 Å². The van der Waals surface area contributed by atoms with Crippen LogP contribution in [-0.4, -0.2) is 15.9 Å². The molecule has 0 aliphatic heterocycles.